The molecule has 4 rings (SSSR count). The van der Waals surface area contributed by atoms with E-state index in [1.54, 1.807) is 11.3 Å². The van der Waals surface area contributed by atoms with E-state index >= 15 is 0 Å². The lowest BCUT2D eigenvalue weighted by Crippen LogP contribution is -2.11. The number of aliphatic hydroxyl groups is 1. The lowest BCUT2D eigenvalue weighted by molar-refractivity contribution is 0.138. The van der Waals surface area contributed by atoms with E-state index in [0.717, 1.165) is 34.8 Å². The summed E-state index contributed by atoms with van der Waals surface area (Å²) in [6, 6.07) is 15.7. The maximum atomic E-state index is 11.0. The maximum absolute atomic E-state index is 11.0. The smallest absolute Gasteiger partial charge is 0.0998 e. The average molecular weight is 358 g/mol. The molecule has 1 heterocycles. The van der Waals surface area contributed by atoms with Crippen molar-refractivity contribution in [3.63, 3.8) is 0 Å². The summed E-state index contributed by atoms with van der Waals surface area (Å²) in [7, 11) is 0. The summed E-state index contributed by atoms with van der Waals surface area (Å²) in [5.74, 6) is 0.870. The second kappa shape index (κ2) is 6.83. The van der Waals surface area contributed by atoms with E-state index in [2.05, 4.69) is 6.07 Å². The molecule has 2 nitrogen and oxygen atoms in total. The molecule has 0 bridgehead atoms. The van der Waals surface area contributed by atoms with E-state index < -0.39 is 6.10 Å². The third kappa shape index (κ3) is 3.49. The zero-order chi connectivity index (χ0) is 16.5. The van der Waals surface area contributed by atoms with Crippen LogP contribution in [0.3, 0.4) is 0 Å². The van der Waals surface area contributed by atoms with Crippen LogP contribution in [0.15, 0.2) is 48.5 Å². The number of aliphatic hydroxyl groups excluding tert-OH is 1. The lowest BCUT2D eigenvalue weighted by atomic mass is 9.91. The zero-order valence-corrected chi connectivity index (χ0v) is 14.9. The van der Waals surface area contributed by atoms with Gasteiger partial charge in [-0.05, 0) is 48.6 Å². The number of benzene rings is 2. The standard InChI is InChI=1S/C20H20ClNOS/c21-15-5-3-4-14(12-15)19(23)16(11-10-13-8-9-13)20-22-17-6-1-2-7-18(17)24-20/h1-7,12-13,16,19,23H,8-11H2/t16-,19+/m1/s1. The van der Waals surface area contributed by atoms with Gasteiger partial charge in [0.15, 0.2) is 0 Å². The fraction of sp³-hybridized carbons (Fsp3) is 0.350. The van der Waals surface area contributed by atoms with Crippen LogP contribution in [0, 0.1) is 5.92 Å². The van der Waals surface area contributed by atoms with Crippen molar-refractivity contribution >= 4 is 33.2 Å². The van der Waals surface area contributed by atoms with Crippen molar-refractivity contribution in [2.75, 3.05) is 0 Å². The Kier molecular flexibility index (Phi) is 4.57. The first-order chi connectivity index (χ1) is 11.7. The van der Waals surface area contributed by atoms with Gasteiger partial charge in [0, 0.05) is 10.9 Å². The molecule has 1 N–H and O–H groups in total. The molecule has 24 heavy (non-hydrogen) atoms. The molecule has 1 aromatic heterocycles. The molecule has 3 aromatic rings. The number of fused-ring (bicyclic) bond motifs is 1. The predicted octanol–water partition coefficient (Wildman–Crippen LogP) is 5.96. The molecule has 1 aliphatic rings. The van der Waals surface area contributed by atoms with Crippen molar-refractivity contribution in [3.8, 4) is 0 Å². The van der Waals surface area contributed by atoms with Crippen LogP contribution >= 0.6 is 22.9 Å². The number of hydrogen-bond donors (Lipinski definition) is 1. The van der Waals surface area contributed by atoms with Crippen LogP contribution in [0.4, 0.5) is 0 Å². The summed E-state index contributed by atoms with van der Waals surface area (Å²) in [5, 5.41) is 12.7. The number of thiazole rings is 1. The monoisotopic (exact) mass is 357 g/mol. The third-order valence-electron chi connectivity index (χ3n) is 4.78. The molecule has 0 aliphatic heterocycles. The SMILES string of the molecule is O[C@@H](c1cccc(Cl)c1)[C@@H](CCC1CC1)c1nc2ccccc2s1. The summed E-state index contributed by atoms with van der Waals surface area (Å²) >= 11 is 7.82. The zero-order valence-electron chi connectivity index (χ0n) is 13.4. The Bertz CT molecular complexity index is 809. The van der Waals surface area contributed by atoms with Gasteiger partial charge in [0.1, 0.15) is 0 Å². The second-order valence-corrected chi connectivity index (χ2v) is 8.15. The van der Waals surface area contributed by atoms with Gasteiger partial charge in [-0.2, -0.15) is 0 Å². The first-order valence-electron chi connectivity index (χ1n) is 8.50. The fourth-order valence-corrected chi connectivity index (χ4v) is 4.54. The van der Waals surface area contributed by atoms with E-state index in [9.17, 15) is 5.11 Å². The summed E-state index contributed by atoms with van der Waals surface area (Å²) in [5.41, 5.74) is 1.90. The van der Waals surface area contributed by atoms with Gasteiger partial charge in [-0.25, -0.2) is 4.98 Å². The summed E-state index contributed by atoms with van der Waals surface area (Å²) < 4.78 is 1.18. The molecule has 0 spiro atoms. The molecular weight excluding hydrogens is 338 g/mol. The maximum Gasteiger partial charge on any atom is 0.0998 e. The van der Waals surface area contributed by atoms with Gasteiger partial charge < -0.3 is 5.11 Å². The number of para-hydroxylation sites is 1. The summed E-state index contributed by atoms with van der Waals surface area (Å²) in [6.45, 7) is 0. The van der Waals surface area contributed by atoms with Crippen molar-refractivity contribution in [3.05, 3.63) is 64.1 Å². The Labute approximate surface area is 151 Å². The van der Waals surface area contributed by atoms with Crippen LogP contribution in [0.5, 0.6) is 0 Å². The number of aromatic nitrogens is 1. The summed E-state index contributed by atoms with van der Waals surface area (Å²) in [4.78, 5) is 4.81. The molecule has 1 saturated carbocycles. The highest BCUT2D eigenvalue weighted by Crippen LogP contribution is 2.43. The van der Waals surface area contributed by atoms with Crippen molar-refractivity contribution in [1.82, 2.24) is 4.98 Å². The molecule has 1 fully saturated rings. The minimum absolute atomic E-state index is 0.0291. The topological polar surface area (TPSA) is 33.1 Å². The summed E-state index contributed by atoms with van der Waals surface area (Å²) in [6.07, 6.45) is 4.23. The number of rotatable bonds is 6. The Morgan fingerprint density at radius 3 is 2.75 bits per heavy atom. The highest BCUT2D eigenvalue weighted by atomic mass is 35.5. The lowest BCUT2D eigenvalue weighted by Gasteiger charge is -2.21. The van der Waals surface area contributed by atoms with E-state index in [1.807, 2.05) is 42.5 Å². The number of hydrogen-bond acceptors (Lipinski definition) is 3. The molecule has 2 atom stereocenters. The van der Waals surface area contributed by atoms with Gasteiger partial charge in [-0.1, -0.05) is 48.7 Å². The van der Waals surface area contributed by atoms with Crippen molar-refractivity contribution in [2.45, 2.75) is 37.7 Å². The van der Waals surface area contributed by atoms with Gasteiger partial charge in [0.05, 0.1) is 21.3 Å². The highest BCUT2D eigenvalue weighted by Gasteiger charge is 2.29. The van der Waals surface area contributed by atoms with Gasteiger partial charge in [-0.3, -0.25) is 0 Å². The molecule has 2 aromatic carbocycles. The van der Waals surface area contributed by atoms with Gasteiger partial charge in [0.2, 0.25) is 0 Å². The van der Waals surface area contributed by atoms with Crippen LogP contribution in [0.25, 0.3) is 10.2 Å². The van der Waals surface area contributed by atoms with Crippen molar-refractivity contribution < 1.29 is 5.11 Å². The second-order valence-electron chi connectivity index (χ2n) is 6.65. The molecule has 0 amide bonds. The third-order valence-corrected chi connectivity index (χ3v) is 6.19. The molecule has 0 unspecified atom stereocenters. The molecule has 0 saturated heterocycles. The van der Waals surface area contributed by atoms with Gasteiger partial charge >= 0.3 is 0 Å². The Morgan fingerprint density at radius 2 is 2.00 bits per heavy atom. The number of nitrogens with zero attached hydrogens (tertiary/aromatic N) is 1. The molecule has 1 aliphatic carbocycles. The number of halogens is 1. The van der Waals surface area contributed by atoms with Gasteiger partial charge in [-0.15, -0.1) is 11.3 Å². The van der Waals surface area contributed by atoms with E-state index in [-0.39, 0.29) is 5.92 Å². The van der Waals surface area contributed by atoms with Crippen LogP contribution in [-0.4, -0.2) is 10.1 Å². The normalized spacial score (nSPS) is 17.1. The fourth-order valence-electron chi connectivity index (χ4n) is 3.21. The van der Waals surface area contributed by atoms with Crippen LogP contribution in [0.2, 0.25) is 5.02 Å². The van der Waals surface area contributed by atoms with Crippen molar-refractivity contribution in [1.29, 1.82) is 0 Å². The molecular formula is C20H20ClNOS. The van der Waals surface area contributed by atoms with Crippen molar-refractivity contribution in [2.24, 2.45) is 5.92 Å². The Hall–Kier alpha value is -1.42. The first kappa shape index (κ1) is 16.1. The largest absolute Gasteiger partial charge is 0.388 e. The average Bonchev–Trinajstić information content (AvgIpc) is 3.31. The minimum Gasteiger partial charge on any atom is -0.388 e. The highest BCUT2D eigenvalue weighted by molar-refractivity contribution is 7.18. The molecule has 124 valence electrons. The first-order valence-corrected chi connectivity index (χ1v) is 9.69. The molecule has 0 radical (unpaired) electrons. The van der Waals surface area contributed by atoms with Gasteiger partial charge in [0.25, 0.3) is 0 Å². The van der Waals surface area contributed by atoms with E-state index in [1.165, 1.54) is 17.5 Å². The Balaban J connectivity index is 1.66. The van der Waals surface area contributed by atoms with E-state index in [4.69, 9.17) is 16.6 Å². The van der Waals surface area contributed by atoms with Crippen LogP contribution < -0.4 is 0 Å². The van der Waals surface area contributed by atoms with Crippen LogP contribution in [0.1, 0.15) is 48.3 Å². The Morgan fingerprint density at radius 1 is 1.17 bits per heavy atom. The van der Waals surface area contributed by atoms with Crippen LogP contribution in [-0.2, 0) is 0 Å². The molecule has 4 heteroatoms. The van der Waals surface area contributed by atoms with E-state index in [0.29, 0.717) is 5.02 Å². The predicted molar refractivity (Wildman–Crippen MR) is 101 cm³/mol. The minimum atomic E-state index is -0.567. The quantitative estimate of drug-likeness (QED) is 0.590.